The van der Waals surface area contributed by atoms with E-state index in [4.69, 9.17) is 0 Å². The fraction of sp³-hybridized carbons (Fsp3) is 0.700. The van der Waals surface area contributed by atoms with Crippen LogP contribution in [-0.4, -0.2) is 22.0 Å². The predicted octanol–water partition coefficient (Wildman–Crippen LogP) is 6.22. The van der Waals surface area contributed by atoms with Gasteiger partial charge >= 0.3 is 0 Å². The molecule has 1 N–H and O–H groups in total. The van der Waals surface area contributed by atoms with E-state index in [0.717, 1.165) is 6.42 Å². The molecule has 2 heteroatoms. The Labute approximate surface area is 140 Å². The quantitative estimate of drug-likeness (QED) is 0.608. The molecule has 0 aromatic heterocycles. The molecule has 126 valence electrons. The van der Waals surface area contributed by atoms with Gasteiger partial charge in [-0.2, -0.15) is 0 Å². The van der Waals surface area contributed by atoms with Gasteiger partial charge in [-0.1, -0.05) is 73.3 Å². The lowest BCUT2D eigenvalue weighted by Crippen LogP contribution is -2.31. The summed E-state index contributed by atoms with van der Waals surface area (Å²) in [5.41, 5.74) is 3.11. The first-order valence-electron chi connectivity index (χ1n) is 8.40. The van der Waals surface area contributed by atoms with Crippen molar-refractivity contribution in [3.63, 3.8) is 0 Å². The van der Waals surface area contributed by atoms with E-state index in [-0.39, 0.29) is 13.5 Å². The second kappa shape index (κ2) is 6.91. The van der Waals surface area contributed by atoms with Crippen molar-refractivity contribution >= 4 is 7.92 Å². The highest BCUT2D eigenvalue weighted by molar-refractivity contribution is 7.61. The zero-order valence-corrected chi connectivity index (χ0v) is 17.1. The molecule has 1 aliphatic carbocycles. The van der Waals surface area contributed by atoms with E-state index < -0.39 is 0 Å². The molecule has 1 aliphatic rings. The Morgan fingerprint density at radius 2 is 1.55 bits per heavy atom. The second-order valence-electron chi connectivity index (χ2n) is 9.40. The molecule has 1 rings (SSSR count). The smallest absolute Gasteiger partial charge is 0.0284 e. The molecule has 1 nitrogen and oxygen atoms in total. The Kier molecular flexibility index (Phi) is 6.13. The van der Waals surface area contributed by atoms with E-state index in [9.17, 15) is 0 Å². The van der Waals surface area contributed by atoms with Gasteiger partial charge in [-0.05, 0) is 49.2 Å². The summed E-state index contributed by atoms with van der Waals surface area (Å²) in [5, 5.41) is 4.27. The molecular weight excluding hydrogens is 285 g/mol. The Hall–Kier alpha value is -0.550. The summed E-state index contributed by atoms with van der Waals surface area (Å²) in [4.78, 5) is 0. The summed E-state index contributed by atoms with van der Waals surface area (Å²) < 4.78 is 0. The third-order valence-corrected chi connectivity index (χ3v) is 7.71. The monoisotopic (exact) mass is 321 g/mol. The van der Waals surface area contributed by atoms with Crippen LogP contribution in [0.1, 0.15) is 68.7 Å². The van der Waals surface area contributed by atoms with Crippen LogP contribution in [0, 0.1) is 0 Å². The van der Waals surface area contributed by atoms with Crippen LogP contribution < -0.4 is 5.32 Å². The van der Waals surface area contributed by atoms with Gasteiger partial charge in [-0.25, -0.2) is 0 Å². The van der Waals surface area contributed by atoms with Gasteiger partial charge in [0.15, 0.2) is 0 Å². The van der Waals surface area contributed by atoms with Crippen LogP contribution in [0.15, 0.2) is 35.6 Å². The maximum Gasteiger partial charge on any atom is 0.0284 e. The molecule has 0 aromatic carbocycles. The number of hydrogen-bond acceptors (Lipinski definition) is 1. The van der Waals surface area contributed by atoms with Crippen LogP contribution in [0.2, 0.25) is 0 Å². The van der Waals surface area contributed by atoms with Gasteiger partial charge in [0, 0.05) is 11.7 Å². The molecule has 0 aliphatic heterocycles. The second-order valence-corrected chi connectivity index (χ2v) is 13.3. The molecule has 0 saturated carbocycles. The predicted molar refractivity (Wildman–Crippen MR) is 104 cm³/mol. The largest absolute Gasteiger partial charge is 0.386 e. The molecule has 0 unspecified atom stereocenters. The Morgan fingerprint density at radius 1 is 1.00 bits per heavy atom. The van der Waals surface area contributed by atoms with Crippen molar-refractivity contribution in [2.24, 2.45) is 0 Å². The first-order valence-corrected chi connectivity index (χ1v) is 9.92. The first-order chi connectivity index (χ1) is 9.79. The lowest BCUT2D eigenvalue weighted by molar-refractivity contribution is 0.489. The van der Waals surface area contributed by atoms with Gasteiger partial charge in [0.2, 0.25) is 0 Å². The van der Waals surface area contributed by atoms with Gasteiger partial charge in [-0.15, -0.1) is 0 Å². The number of rotatable bonds is 3. The molecule has 0 heterocycles. The zero-order valence-electron chi connectivity index (χ0n) is 16.2. The van der Waals surface area contributed by atoms with Crippen molar-refractivity contribution in [2.75, 3.05) is 6.16 Å². The highest BCUT2D eigenvalue weighted by Gasteiger charge is 2.34. The van der Waals surface area contributed by atoms with Gasteiger partial charge in [0.1, 0.15) is 0 Å². The van der Waals surface area contributed by atoms with Crippen molar-refractivity contribution < 1.29 is 0 Å². The molecule has 0 fully saturated rings. The molecule has 0 atom stereocenters. The maximum atomic E-state index is 3.49. The molecule has 0 amide bonds. The summed E-state index contributed by atoms with van der Waals surface area (Å²) in [6.07, 6.45) is 11.3. The lowest BCUT2D eigenvalue weighted by atomic mass is 10.0. The normalized spacial score (nSPS) is 18.8. The van der Waals surface area contributed by atoms with Gasteiger partial charge in [0.05, 0.1) is 0 Å². The minimum Gasteiger partial charge on any atom is -0.386 e. The van der Waals surface area contributed by atoms with Crippen LogP contribution in [-0.2, 0) is 0 Å². The highest BCUT2D eigenvalue weighted by atomic mass is 31.1. The molecule has 22 heavy (non-hydrogen) atoms. The van der Waals surface area contributed by atoms with Crippen molar-refractivity contribution in [3.05, 3.63) is 35.6 Å². The van der Waals surface area contributed by atoms with Crippen LogP contribution in [0.5, 0.6) is 0 Å². The SMILES string of the molecule is CC(C)(C)NC=C1C=CC=C(CP(C(C)(C)C)C(C)(C)C)C1. The van der Waals surface area contributed by atoms with E-state index in [1.165, 1.54) is 11.7 Å². The van der Waals surface area contributed by atoms with Crippen LogP contribution in [0.3, 0.4) is 0 Å². The van der Waals surface area contributed by atoms with Crippen molar-refractivity contribution in [1.82, 2.24) is 5.32 Å². The summed E-state index contributed by atoms with van der Waals surface area (Å²) in [6, 6.07) is 0. The average molecular weight is 321 g/mol. The van der Waals surface area contributed by atoms with E-state index in [1.54, 1.807) is 5.57 Å². The van der Waals surface area contributed by atoms with Crippen molar-refractivity contribution in [3.8, 4) is 0 Å². The molecule has 0 radical (unpaired) electrons. The number of hydrogen-bond donors (Lipinski definition) is 1. The van der Waals surface area contributed by atoms with Crippen LogP contribution in [0.25, 0.3) is 0 Å². The molecule has 0 spiro atoms. The Bertz CT molecular complexity index is 447. The fourth-order valence-corrected chi connectivity index (χ4v) is 6.47. The summed E-state index contributed by atoms with van der Waals surface area (Å²) in [6.45, 7) is 21.0. The Morgan fingerprint density at radius 3 is 2.00 bits per heavy atom. The minimum atomic E-state index is -0.0663. The molecule has 0 aromatic rings. The lowest BCUT2D eigenvalue weighted by Gasteiger charge is -2.42. The summed E-state index contributed by atoms with van der Waals surface area (Å²) in [7, 11) is -0.0663. The highest BCUT2D eigenvalue weighted by Crippen LogP contribution is 2.60. The van der Waals surface area contributed by atoms with E-state index >= 15 is 0 Å². The van der Waals surface area contributed by atoms with Gasteiger partial charge < -0.3 is 5.32 Å². The minimum absolute atomic E-state index is 0.0663. The van der Waals surface area contributed by atoms with E-state index in [0.29, 0.717) is 10.3 Å². The Balaban J connectivity index is 2.82. The average Bonchev–Trinajstić information content (AvgIpc) is 2.30. The number of allylic oxidation sites excluding steroid dienone is 5. The molecule has 0 saturated heterocycles. The van der Waals surface area contributed by atoms with Gasteiger partial charge in [-0.3, -0.25) is 0 Å². The van der Waals surface area contributed by atoms with E-state index in [2.05, 4.69) is 92.1 Å². The topological polar surface area (TPSA) is 12.0 Å². The summed E-state index contributed by atoms with van der Waals surface area (Å²) in [5.74, 6) is 0. The number of nitrogens with one attached hydrogen (secondary N) is 1. The molecule has 0 bridgehead atoms. The summed E-state index contributed by atoms with van der Waals surface area (Å²) >= 11 is 0. The van der Waals surface area contributed by atoms with Crippen LogP contribution in [0.4, 0.5) is 0 Å². The zero-order chi connectivity index (χ0) is 17.2. The van der Waals surface area contributed by atoms with Crippen molar-refractivity contribution in [2.45, 2.75) is 84.6 Å². The standard InChI is InChI=1S/C20H36NP/c1-18(2,3)21-14-16-11-10-12-17(13-16)15-22(19(4,5)6)20(7,8)9/h10-12,14,21H,13,15H2,1-9H3. The third-order valence-electron chi connectivity index (χ3n) is 3.74. The van der Waals surface area contributed by atoms with Crippen molar-refractivity contribution in [1.29, 1.82) is 0 Å². The third kappa shape index (κ3) is 6.69. The van der Waals surface area contributed by atoms with Crippen LogP contribution >= 0.6 is 7.92 Å². The van der Waals surface area contributed by atoms with Gasteiger partial charge in [0.25, 0.3) is 0 Å². The molecular formula is C20H36NP. The fourth-order valence-electron chi connectivity index (χ4n) is 2.89. The maximum absolute atomic E-state index is 3.49. The van der Waals surface area contributed by atoms with E-state index in [1.807, 2.05) is 0 Å². The first kappa shape index (κ1) is 19.5.